The zero-order valence-corrected chi connectivity index (χ0v) is 11.2. The SMILES string of the molecule is CC(C)CN(CC(=O)O)C(=O)NCc1ccccn1. The zero-order valence-electron chi connectivity index (χ0n) is 11.2. The lowest BCUT2D eigenvalue weighted by Gasteiger charge is -2.22. The van der Waals surface area contributed by atoms with E-state index in [0.717, 1.165) is 5.69 Å². The van der Waals surface area contributed by atoms with Crippen LogP contribution in [0.2, 0.25) is 0 Å². The average Bonchev–Trinajstić information content (AvgIpc) is 2.35. The standard InChI is InChI=1S/C13H19N3O3/c1-10(2)8-16(9-12(17)18)13(19)15-7-11-5-3-4-6-14-11/h3-6,10H,7-9H2,1-2H3,(H,15,19)(H,17,18). The summed E-state index contributed by atoms with van der Waals surface area (Å²) in [4.78, 5) is 28.0. The summed E-state index contributed by atoms with van der Waals surface area (Å²) in [5, 5.41) is 11.5. The van der Waals surface area contributed by atoms with E-state index in [4.69, 9.17) is 5.11 Å². The van der Waals surface area contributed by atoms with Gasteiger partial charge in [0.05, 0.1) is 12.2 Å². The Morgan fingerprint density at radius 1 is 1.42 bits per heavy atom. The number of urea groups is 1. The molecule has 1 aromatic heterocycles. The van der Waals surface area contributed by atoms with E-state index < -0.39 is 5.97 Å². The van der Waals surface area contributed by atoms with Crippen LogP contribution in [0, 0.1) is 5.92 Å². The molecule has 1 aromatic rings. The van der Waals surface area contributed by atoms with Gasteiger partial charge >= 0.3 is 12.0 Å². The fourth-order valence-corrected chi connectivity index (χ4v) is 1.60. The van der Waals surface area contributed by atoms with Gasteiger partial charge in [-0.25, -0.2) is 4.79 Å². The number of pyridine rings is 1. The number of rotatable bonds is 6. The molecule has 0 saturated carbocycles. The Bertz CT molecular complexity index is 420. The van der Waals surface area contributed by atoms with Crippen LogP contribution in [0.5, 0.6) is 0 Å². The smallest absolute Gasteiger partial charge is 0.323 e. The molecule has 6 heteroatoms. The Morgan fingerprint density at radius 2 is 2.16 bits per heavy atom. The van der Waals surface area contributed by atoms with E-state index in [2.05, 4.69) is 10.3 Å². The number of carboxylic acids is 1. The number of nitrogens with one attached hydrogen (secondary N) is 1. The first-order valence-corrected chi connectivity index (χ1v) is 6.13. The highest BCUT2D eigenvalue weighted by atomic mass is 16.4. The molecule has 0 unspecified atom stereocenters. The molecule has 6 nitrogen and oxygen atoms in total. The lowest BCUT2D eigenvalue weighted by molar-refractivity contribution is -0.137. The minimum absolute atomic E-state index is 0.208. The molecule has 0 saturated heterocycles. The molecule has 104 valence electrons. The van der Waals surface area contributed by atoms with E-state index in [0.29, 0.717) is 6.54 Å². The van der Waals surface area contributed by atoms with Crippen LogP contribution in [0.25, 0.3) is 0 Å². The van der Waals surface area contributed by atoms with Gasteiger partial charge in [-0.15, -0.1) is 0 Å². The molecular weight excluding hydrogens is 246 g/mol. The summed E-state index contributed by atoms with van der Waals surface area (Å²) >= 11 is 0. The third-order valence-electron chi connectivity index (χ3n) is 2.35. The van der Waals surface area contributed by atoms with Gasteiger partial charge < -0.3 is 15.3 Å². The maximum atomic E-state index is 11.9. The Morgan fingerprint density at radius 3 is 2.68 bits per heavy atom. The van der Waals surface area contributed by atoms with Gasteiger partial charge in [0, 0.05) is 12.7 Å². The van der Waals surface area contributed by atoms with Crippen LogP contribution in [-0.2, 0) is 11.3 Å². The second kappa shape index (κ2) is 7.35. The largest absolute Gasteiger partial charge is 0.480 e. The fourth-order valence-electron chi connectivity index (χ4n) is 1.60. The molecule has 0 aliphatic carbocycles. The van der Waals surface area contributed by atoms with Crippen LogP contribution in [0.15, 0.2) is 24.4 Å². The van der Waals surface area contributed by atoms with E-state index in [1.807, 2.05) is 19.9 Å². The summed E-state index contributed by atoms with van der Waals surface area (Å²) < 4.78 is 0. The topological polar surface area (TPSA) is 82.5 Å². The van der Waals surface area contributed by atoms with Gasteiger partial charge in [0.1, 0.15) is 6.54 Å². The number of hydrogen-bond acceptors (Lipinski definition) is 3. The number of carboxylic acid groups (broad SMARTS) is 1. The average molecular weight is 265 g/mol. The highest BCUT2D eigenvalue weighted by Gasteiger charge is 2.17. The van der Waals surface area contributed by atoms with Gasteiger partial charge in [-0.2, -0.15) is 0 Å². The summed E-state index contributed by atoms with van der Waals surface area (Å²) in [6.45, 7) is 4.25. The third kappa shape index (κ3) is 5.85. The van der Waals surface area contributed by atoms with Crippen LogP contribution in [0.3, 0.4) is 0 Å². The van der Waals surface area contributed by atoms with Crippen molar-refractivity contribution in [2.45, 2.75) is 20.4 Å². The predicted octanol–water partition coefficient (Wildman–Crippen LogP) is 1.33. The van der Waals surface area contributed by atoms with E-state index in [1.54, 1.807) is 18.3 Å². The predicted molar refractivity (Wildman–Crippen MR) is 70.5 cm³/mol. The van der Waals surface area contributed by atoms with Crippen molar-refractivity contribution in [1.82, 2.24) is 15.2 Å². The third-order valence-corrected chi connectivity index (χ3v) is 2.35. The summed E-state index contributed by atoms with van der Waals surface area (Å²) in [5.74, 6) is -0.811. The van der Waals surface area contributed by atoms with Gasteiger partial charge in [0.25, 0.3) is 0 Å². The number of aromatic nitrogens is 1. The van der Waals surface area contributed by atoms with Crippen LogP contribution in [0.1, 0.15) is 19.5 Å². The minimum atomic E-state index is -1.02. The van der Waals surface area contributed by atoms with E-state index in [1.165, 1.54) is 4.90 Å². The zero-order chi connectivity index (χ0) is 14.3. The minimum Gasteiger partial charge on any atom is -0.480 e. The van der Waals surface area contributed by atoms with Gasteiger partial charge in [0.15, 0.2) is 0 Å². The van der Waals surface area contributed by atoms with Gasteiger partial charge in [-0.3, -0.25) is 9.78 Å². The highest BCUT2D eigenvalue weighted by Crippen LogP contribution is 2.00. The number of nitrogens with zero attached hydrogens (tertiary/aromatic N) is 2. The number of amides is 2. The molecule has 0 spiro atoms. The van der Waals surface area contributed by atoms with Crippen molar-refractivity contribution in [3.63, 3.8) is 0 Å². The first-order valence-electron chi connectivity index (χ1n) is 6.13. The van der Waals surface area contributed by atoms with Crippen molar-refractivity contribution < 1.29 is 14.7 Å². The highest BCUT2D eigenvalue weighted by molar-refractivity contribution is 5.80. The molecular formula is C13H19N3O3. The molecule has 0 fully saturated rings. The second-order valence-corrected chi connectivity index (χ2v) is 4.65. The van der Waals surface area contributed by atoms with E-state index in [9.17, 15) is 9.59 Å². The van der Waals surface area contributed by atoms with E-state index >= 15 is 0 Å². The van der Waals surface area contributed by atoms with Crippen LogP contribution in [0.4, 0.5) is 4.79 Å². The van der Waals surface area contributed by atoms with Crippen LogP contribution >= 0.6 is 0 Å². The Hall–Kier alpha value is -2.11. The van der Waals surface area contributed by atoms with E-state index in [-0.39, 0.29) is 25.0 Å². The van der Waals surface area contributed by atoms with Crippen LogP contribution in [-0.4, -0.2) is 40.1 Å². The molecule has 0 radical (unpaired) electrons. The van der Waals surface area contributed by atoms with Crippen molar-refractivity contribution in [3.05, 3.63) is 30.1 Å². The Labute approximate surface area is 112 Å². The summed E-state index contributed by atoms with van der Waals surface area (Å²) in [5.41, 5.74) is 0.732. The summed E-state index contributed by atoms with van der Waals surface area (Å²) in [7, 11) is 0. The van der Waals surface area contributed by atoms with Crippen LogP contribution < -0.4 is 5.32 Å². The van der Waals surface area contributed by atoms with Gasteiger partial charge in [-0.1, -0.05) is 19.9 Å². The maximum absolute atomic E-state index is 11.9. The summed E-state index contributed by atoms with van der Waals surface area (Å²) in [6.07, 6.45) is 1.64. The first kappa shape index (κ1) is 14.9. The Balaban J connectivity index is 2.54. The molecule has 0 bridgehead atoms. The molecule has 1 rings (SSSR count). The lowest BCUT2D eigenvalue weighted by Crippen LogP contribution is -2.44. The molecule has 1 heterocycles. The molecule has 0 aliphatic heterocycles. The van der Waals surface area contributed by atoms with Crippen molar-refractivity contribution in [3.8, 4) is 0 Å². The lowest BCUT2D eigenvalue weighted by atomic mass is 10.2. The van der Waals surface area contributed by atoms with Crippen molar-refractivity contribution in [2.75, 3.05) is 13.1 Å². The first-order chi connectivity index (χ1) is 8.99. The number of carbonyl (C=O) groups excluding carboxylic acids is 1. The molecule has 0 aliphatic rings. The maximum Gasteiger partial charge on any atom is 0.323 e. The monoisotopic (exact) mass is 265 g/mol. The summed E-state index contributed by atoms with van der Waals surface area (Å²) in [6, 6.07) is 5.03. The van der Waals surface area contributed by atoms with Gasteiger partial charge in [-0.05, 0) is 18.1 Å². The Kier molecular flexibility index (Phi) is 5.78. The quantitative estimate of drug-likeness (QED) is 0.813. The van der Waals surface area contributed by atoms with Crippen molar-refractivity contribution >= 4 is 12.0 Å². The number of hydrogen-bond donors (Lipinski definition) is 2. The second-order valence-electron chi connectivity index (χ2n) is 4.65. The number of aliphatic carboxylic acids is 1. The fraction of sp³-hybridized carbons (Fsp3) is 0.462. The molecule has 0 aromatic carbocycles. The molecule has 2 amide bonds. The normalized spacial score (nSPS) is 10.3. The number of carbonyl (C=O) groups is 2. The molecule has 2 N–H and O–H groups in total. The molecule has 19 heavy (non-hydrogen) atoms. The van der Waals surface area contributed by atoms with Gasteiger partial charge in [0.2, 0.25) is 0 Å². The van der Waals surface area contributed by atoms with Crippen molar-refractivity contribution in [1.29, 1.82) is 0 Å². The van der Waals surface area contributed by atoms with Crippen molar-refractivity contribution in [2.24, 2.45) is 5.92 Å². The molecule has 0 atom stereocenters.